The first-order valence-corrected chi connectivity index (χ1v) is 11.1. The highest BCUT2D eigenvalue weighted by molar-refractivity contribution is 7.92. The number of nitrogens with one attached hydrogen (secondary N) is 1. The Labute approximate surface area is 189 Å². The summed E-state index contributed by atoms with van der Waals surface area (Å²) in [5.41, 5.74) is 1.14. The van der Waals surface area contributed by atoms with Crippen molar-refractivity contribution in [2.45, 2.75) is 4.90 Å². The molecule has 0 heterocycles. The quantitative estimate of drug-likeness (QED) is 0.350. The molecule has 0 amide bonds. The molecule has 0 aliphatic carbocycles. The van der Waals surface area contributed by atoms with E-state index >= 15 is 0 Å². The molecule has 0 aliphatic rings. The van der Waals surface area contributed by atoms with E-state index in [4.69, 9.17) is 27.9 Å². The number of carbonyl (C=O) groups excluding carboxylic acids is 1. The third-order valence-electron chi connectivity index (χ3n) is 4.21. The Morgan fingerprint density at radius 2 is 1.84 bits per heavy atom. The fourth-order valence-electron chi connectivity index (χ4n) is 2.71. The van der Waals surface area contributed by atoms with Crippen molar-refractivity contribution in [1.29, 1.82) is 0 Å². The summed E-state index contributed by atoms with van der Waals surface area (Å²) in [5, 5.41) is 9.94. The molecule has 2 N–H and O–H groups in total. The first-order valence-electron chi connectivity index (χ1n) is 8.87. The molecule has 31 heavy (non-hydrogen) atoms. The molecular weight excluding hydrogens is 461 g/mol. The van der Waals surface area contributed by atoms with Gasteiger partial charge >= 0.3 is 0 Å². The van der Waals surface area contributed by atoms with E-state index in [0.29, 0.717) is 10.6 Å². The van der Waals surface area contributed by atoms with Crippen LogP contribution in [0.1, 0.15) is 15.9 Å². The van der Waals surface area contributed by atoms with Gasteiger partial charge in [0, 0.05) is 16.3 Å². The zero-order chi connectivity index (χ0) is 22.6. The van der Waals surface area contributed by atoms with Crippen molar-refractivity contribution in [3.63, 3.8) is 0 Å². The summed E-state index contributed by atoms with van der Waals surface area (Å²) >= 11 is 11.8. The lowest BCUT2D eigenvalue weighted by molar-refractivity contribution is 0.104. The molecule has 0 unspecified atom stereocenters. The number of allylic oxidation sites excluding steroid dienone is 1. The van der Waals surface area contributed by atoms with Crippen molar-refractivity contribution in [2.75, 3.05) is 11.8 Å². The van der Waals surface area contributed by atoms with Crippen LogP contribution in [0.4, 0.5) is 5.69 Å². The molecule has 3 aromatic carbocycles. The molecule has 0 saturated carbocycles. The van der Waals surface area contributed by atoms with Gasteiger partial charge < -0.3 is 9.84 Å². The van der Waals surface area contributed by atoms with Gasteiger partial charge in [0.2, 0.25) is 0 Å². The zero-order valence-electron chi connectivity index (χ0n) is 16.2. The lowest BCUT2D eigenvalue weighted by atomic mass is 10.1. The Balaban J connectivity index is 1.80. The van der Waals surface area contributed by atoms with Crippen LogP contribution in [0.25, 0.3) is 6.08 Å². The zero-order valence-corrected chi connectivity index (χ0v) is 18.5. The average molecular weight is 478 g/mol. The second-order valence-corrected chi connectivity index (χ2v) is 8.88. The normalized spacial score (nSPS) is 11.5. The van der Waals surface area contributed by atoms with Crippen LogP contribution in [0.2, 0.25) is 10.0 Å². The predicted octanol–water partition coefficient (Wildman–Crippen LogP) is 5.40. The molecule has 0 atom stereocenters. The maximum atomic E-state index is 12.6. The molecule has 0 bridgehead atoms. The molecule has 9 heteroatoms. The number of benzene rings is 3. The highest BCUT2D eigenvalue weighted by Gasteiger charge is 2.18. The number of hydrogen-bond donors (Lipinski definition) is 2. The van der Waals surface area contributed by atoms with E-state index in [2.05, 4.69) is 4.72 Å². The number of ketones is 1. The minimum atomic E-state index is -3.98. The number of anilines is 1. The molecule has 0 radical (unpaired) electrons. The number of aromatic hydroxyl groups is 1. The second-order valence-electron chi connectivity index (χ2n) is 6.39. The van der Waals surface area contributed by atoms with E-state index in [1.807, 2.05) is 0 Å². The smallest absolute Gasteiger partial charge is 0.263 e. The summed E-state index contributed by atoms with van der Waals surface area (Å²) in [6, 6.07) is 14.8. The lowest BCUT2D eigenvalue weighted by Gasteiger charge is -2.10. The van der Waals surface area contributed by atoms with Crippen molar-refractivity contribution in [3.05, 3.63) is 87.9 Å². The summed E-state index contributed by atoms with van der Waals surface area (Å²) < 4.78 is 32.7. The molecule has 160 valence electrons. The topological polar surface area (TPSA) is 92.7 Å². The Kier molecular flexibility index (Phi) is 6.90. The molecular formula is C22H17Cl2NO5S. The van der Waals surface area contributed by atoms with E-state index in [1.54, 1.807) is 30.3 Å². The van der Waals surface area contributed by atoms with E-state index in [-0.39, 0.29) is 38.5 Å². The van der Waals surface area contributed by atoms with Crippen LogP contribution in [0.5, 0.6) is 11.5 Å². The third-order valence-corrected chi connectivity index (χ3v) is 6.31. The van der Waals surface area contributed by atoms with E-state index in [9.17, 15) is 18.3 Å². The van der Waals surface area contributed by atoms with Gasteiger partial charge in [-0.3, -0.25) is 9.52 Å². The van der Waals surface area contributed by atoms with Crippen LogP contribution in [0.15, 0.2) is 71.6 Å². The summed E-state index contributed by atoms with van der Waals surface area (Å²) in [6.45, 7) is 0. The van der Waals surface area contributed by atoms with Gasteiger partial charge in [0.15, 0.2) is 17.3 Å². The maximum absolute atomic E-state index is 12.6. The fourth-order valence-corrected chi connectivity index (χ4v) is 4.53. The molecule has 0 saturated heterocycles. The van der Waals surface area contributed by atoms with Gasteiger partial charge in [-0.15, -0.1) is 0 Å². The number of phenolic OH excluding ortho intramolecular Hbond substituents is 1. The SMILES string of the molecule is COc1cc(/C=C/C(=O)c2cccc(NS(=O)(=O)c3ccc(Cl)cc3Cl)c2)ccc1O. The number of carbonyl (C=O) groups is 1. The molecule has 0 fully saturated rings. The predicted molar refractivity (Wildman–Crippen MR) is 122 cm³/mol. The molecule has 0 aromatic heterocycles. The van der Waals surface area contributed by atoms with Gasteiger partial charge in [0.05, 0.1) is 12.1 Å². The van der Waals surface area contributed by atoms with Crippen LogP contribution in [-0.2, 0) is 10.0 Å². The molecule has 6 nitrogen and oxygen atoms in total. The van der Waals surface area contributed by atoms with Crippen molar-refractivity contribution >= 4 is 50.8 Å². The number of hydrogen-bond acceptors (Lipinski definition) is 5. The van der Waals surface area contributed by atoms with E-state index in [1.165, 1.54) is 49.6 Å². The Morgan fingerprint density at radius 3 is 2.55 bits per heavy atom. The fraction of sp³-hybridized carbons (Fsp3) is 0.0455. The van der Waals surface area contributed by atoms with Crippen molar-refractivity contribution in [1.82, 2.24) is 0 Å². The number of rotatable bonds is 7. The van der Waals surface area contributed by atoms with Gasteiger partial charge in [-0.25, -0.2) is 8.42 Å². The van der Waals surface area contributed by atoms with Gasteiger partial charge in [-0.1, -0.05) is 47.5 Å². The van der Waals surface area contributed by atoms with Crippen molar-refractivity contribution < 1.29 is 23.1 Å². The maximum Gasteiger partial charge on any atom is 0.263 e. The number of halogens is 2. The standard InChI is InChI=1S/C22H17Cl2NO5S/c1-30-21-11-14(6-9-20(21)27)5-8-19(26)15-3-2-4-17(12-15)25-31(28,29)22-10-7-16(23)13-18(22)24/h2-13,25,27H,1H3/b8-5+. The largest absolute Gasteiger partial charge is 0.504 e. The summed E-state index contributed by atoms with van der Waals surface area (Å²) in [4.78, 5) is 12.4. The van der Waals surface area contributed by atoms with E-state index in [0.717, 1.165) is 0 Å². The molecule has 0 aliphatic heterocycles. The van der Waals surface area contributed by atoms with Crippen LogP contribution >= 0.6 is 23.2 Å². The number of ether oxygens (including phenoxy) is 1. The van der Waals surface area contributed by atoms with Gasteiger partial charge in [0.25, 0.3) is 10.0 Å². The third kappa shape index (κ3) is 5.58. The minimum absolute atomic E-state index is 0.00764. The highest BCUT2D eigenvalue weighted by atomic mass is 35.5. The second kappa shape index (κ2) is 9.43. The minimum Gasteiger partial charge on any atom is -0.504 e. The van der Waals surface area contributed by atoms with Gasteiger partial charge in [-0.05, 0) is 54.1 Å². The summed E-state index contributed by atoms with van der Waals surface area (Å²) in [6.07, 6.45) is 2.91. The summed E-state index contributed by atoms with van der Waals surface area (Å²) in [7, 11) is -2.55. The van der Waals surface area contributed by atoms with Crippen LogP contribution in [0, 0.1) is 0 Å². The molecule has 3 rings (SSSR count). The number of methoxy groups -OCH3 is 1. The van der Waals surface area contributed by atoms with Crippen molar-refractivity contribution in [2.24, 2.45) is 0 Å². The summed E-state index contributed by atoms with van der Waals surface area (Å²) in [5.74, 6) is -0.0590. The Morgan fingerprint density at radius 1 is 1.06 bits per heavy atom. The van der Waals surface area contributed by atoms with Crippen LogP contribution in [0.3, 0.4) is 0 Å². The molecule has 3 aromatic rings. The van der Waals surface area contributed by atoms with Crippen LogP contribution in [-0.4, -0.2) is 26.4 Å². The highest BCUT2D eigenvalue weighted by Crippen LogP contribution is 2.28. The first kappa shape index (κ1) is 22.7. The van der Waals surface area contributed by atoms with Crippen LogP contribution < -0.4 is 9.46 Å². The Bertz CT molecular complexity index is 1270. The lowest BCUT2D eigenvalue weighted by Crippen LogP contribution is -2.13. The van der Waals surface area contributed by atoms with Crippen molar-refractivity contribution in [3.8, 4) is 11.5 Å². The average Bonchev–Trinajstić information content (AvgIpc) is 2.72. The first-order chi connectivity index (χ1) is 14.7. The number of sulfonamides is 1. The Hall–Kier alpha value is -3.00. The molecule has 0 spiro atoms. The van der Waals surface area contributed by atoms with Gasteiger partial charge in [-0.2, -0.15) is 0 Å². The van der Waals surface area contributed by atoms with E-state index < -0.39 is 10.0 Å². The monoisotopic (exact) mass is 477 g/mol. The number of phenols is 1. The van der Waals surface area contributed by atoms with Gasteiger partial charge in [0.1, 0.15) is 4.90 Å².